The smallest absolute Gasteiger partial charge is 0.117 e. The number of benzene rings is 2. The van der Waals surface area contributed by atoms with Crippen LogP contribution in [-0.4, -0.2) is 18.1 Å². The van der Waals surface area contributed by atoms with Crippen LogP contribution < -0.4 is 4.90 Å². The summed E-state index contributed by atoms with van der Waals surface area (Å²) in [6.45, 7) is 6.97. The van der Waals surface area contributed by atoms with E-state index < -0.39 is 0 Å². The Morgan fingerprint density at radius 1 is 1.12 bits per heavy atom. The SMILES string of the molecule is C[C@@H]1N(C)c2ccc(/C=C/c3nc4ccccc4s3)cc2C1(C)C. The molecule has 0 spiro atoms. The van der Waals surface area contributed by atoms with Crippen LogP contribution in [0.25, 0.3) is 22.4 Å². The van der Waals surface area contributed by atoms with Crippen LogP contribution >= 0.6 is 11.3 Å². The number of hydrogen-bond acceptors (Lipinski definition) is 3. The van der Waals surface area contributed by atoms with Crippen molar-refractivity contribution in [2.24, 2.45) is 0 Å². The van der Waals surface area contributed by atoms with Crippen molar-refractivity contribution in [1.82, 2.24) is 4.98 Å². The van der Waals surface area contributed by atoms with E-state index in [1.165, 1.54) is 21.5 Å². The molecule has 0 saturated carbocycles. The highest BCUT2D eigenvalue weighted by atomic mass is 32.1. The highest BCUT2D eigenvalue weighted by Crippen LogP contribution is 2.44. The van der Waals surface area contributed by atoms with Gasteiger partial charge in [0.2, 0.25) is 0 Å². The van der Waals surface area contributed by atoms with E-state index in [9.17, 15) is 0 Å². The van der Waals surface area contributed by atoms with Crippen molar-refractivity contribution >= 4 is 39.4 Å². The molecule has 4 rings (SSSR count). The average molecular weight is 334 g/mol. The third-order valence-corrected chi connectivity index (χ3v) is 6.45. The maximum atomic E-state index is 4.68. The van der Waals surface area contributed by atoms with Crippen LogP contribution in [0.5, 0.6) is 0 Å². The van der Waals surface area contributed by atoms with Gasteiger partial charge in [-0.3, -0.25) is 0 Å². The topological polar surface area (TPSA) is 16.1 Å². The maximum Gasteiger partial charge on any atom is 0.117 e. The second-order valence-corrected chi connectivity index (χ2v) is 8.20. The maximum absolute atomic E-state index is 4.68. The number of aromatic nitrogens is 1. The van der Waals surface area contributed by atoms with E-state index in [1.807, 2.05) is 6.07 Å². The molecule has 0 aliphatic carbocycles. The summed E-state index contributed by atoms with van der Waals surface area (Å²) < 4.78 is 1.24. The number of para-hydroxylation sites is 1. The van der Waals surface area contributed by atoms with Crippen LogP contribution in [0.15, 0.2) is 42.5 Å². The molecule has 24 heavy (non-hydrogen) atoms. The van der Waals surface area contributed by atoms with Gasteiger partial charge in [0.15, 0.2) is 0 Å². The Morgan fingerprint density at radius 2 is 1.92 bits per heavy atom. The first-order chi connectivity index (χ1) is 11.5. The fourth-order valence-corrected chi connectivity index (χ4v) is 4.40. The summed E-state index contributed by atoms with van der Waals surface area (Å²) in [5.41, 5.74) is 5.27. The fourth-order valence-electron chi connectivity index (χ4n) is 3.53. The van der Waals surface area contributed by atoms with E-state index >= 15 is 0 Å². The minimum Gasteiger partial charge on any atom is -0.371 e. The van der Waals surface area contributed by atoms with Gasteiger partial charge in [-0.1, -0.05) is 38.1 Å². The molecule has 122 valence electrons. The van der Waals surface area contributed by atoms with Gasteiger partial charge in [0.1, 0.15) is 5.01 Å². The van der Waals surface area contributed by atoms with Crippen LogP contribution in [-0.2, 0) is 5.41 Å². The zero-order valence-electron chi connectivity index (χ0n) is 14.6. The highest BCUT2D eigenvalue weighted by molar-refractivity contribution is 7.19. The van der Waals surface area contributed by atoms with E-state index in [1.54, 1.807) is 11.3 Å². The van der Waals surface area contributed by atoms with E-state index in [-0.39, 0.29) is 5.41 Å². The van der Waals surface area contributed by atoms with Gasteiger partial charge in [-0.05, 0) is 48.4 Å². The summed E-state index contributed by atoms with van der Waals surface area (Å²) in [5.74, 6) is 0. The zero-order chi connectivity index (χ0) is 16.9. The van der Waals surface area contributed by atoms with Crippen LogP contribution in [0.1, 0.15) is 36.9 Å². The van der Waals surface area contributed by atoms with Gasteiger partial charge in [0.05, 0.1) is 10.2 Å². The molecule has 0 amide bonds. The normalized spacial score (nSPS) is 19.3. The Balaban J connectivity index is 1.68. The van der Waals surface area contributed by atoms with Crippen molar-refractivity contribution in [3.63, 3.8) is 0 Å². The third kappa shape index (κ3) is 2.35. The molecule has 0 saturated heterocycles. The highest BCUT2D eigenvalue weighted by Gasteiger charge is 2.39. The molecule has 0 N–H and O–H groups in total. The first kappa shape index (κ1) is 15.4. The van der Waals surface area contributed by atoms with Gasteiger partial charge in [-0.25, -0.2) is 4.98 Å². The lowest BCUT2D eigenvalue weighted by atomic mass is 9.81. The van der Waals surface area contributed by atoms with Gasteiger partial charge in [0.25, 0.3) is 0 Å². The molecule has 1 atom stereocenters. The molecule has 0 unspecified atom stereocenters. The van der Waals surface area contributed by atoms with E-state index in [2.05, 4.69) is 86.3 Å². The van der Waals surface area contributed by atoms with Crippen molar-refractivity contribution < 1.29 is 0 Å². The molecule has 1 aliphatic rings. The van der Waals surface area contributed by atoms with Gasteiger partial charge >= 0.3 is 0 Å². The standard InChI is InChI=1S/C21H22N2S/c1-14-21(2,3)16-13-15(9-11-18(16)23(14)4)10-12-20-22-17-7-5-6-8-19(17)24-20/h5-14H,1-4H3/b12-10+/t14-/m0/s1. The van der Waals surface area contributed by atoms with Crippen molar-refractivity contribution in [2.45, 2.75) is 32.2 Å². The number of fused-ring (bicyclic) bond motifs is 2. The lowest BCUT2D eigenvalue weighted by Gasteiger charge is -2.28. The Bertz CT molecular complexity index is 903. The number of anilines is 1. The Hall–Kier alpha value is -2.13. The Kier molecular flexibility index (Phi) is 3.50. The Morgan fingerprint density at radius 3 is 2.71 bits per heavy atom. The van der Waals surface area contributed by atoms with Crippen LogP contribution in [0, 0.1) is 0 Å². The van der Waals surface area contributed by atoms with Crippen molar-refractivity contribution in [3.05, 3.63) is 58.6 Å². The lowest BCUT2D eigenvalue weighted by Crippen LogP contribution is -2.36. The first-order valence-electron chi connectivity index (χ1n) is 8.38. The summed E-state index contributed by atoms with van der Waals surface area (Å²) in [7, 11) is 2.19. The van der Waals surface area contributed by atoms with Crippen LogP contribution in [0.3, 0.4) is 0 Å². The molecule has 1 aromatic heterocycles. The van der Waals surface area contributed by atoms with Crippen LogP contribution in [0.4, 0.5) is 5.69 Å². The zero-order valence-corrected chi connectivity index (χ0v) is 15.4. The summed E-state index contributed by atoms with van der Waals surface area (Å²) in [5, 5.41) is 1.06. The molecule has 0 bridgehead atoms. The second kappa shape index (κ2) is 5.45. The number of likely N-dealkylation sites (N-methyl/N-ethyl adjacent to an activating group) is 1. The van der Waals surface area contributed by atoms with Gasteiger partial charge in [-0.2, -0.15) is 0 Å². The summed E-state index contributed by atoms with van der Waals surface area (Å²) in [4.78, 5) is 7.06. The van der Waals surface area contributed by atoms with Crippen LogP contribution in [0.2, 0.25) is 0 Å². The second-order valence-electron chi connectivity index (χ2n) is 7.14. The summed E-state index contributed by atoms with van der Waals surface area (Å²) in [6.07, 6.45) is 4.30. The molecular formula is C21H22N2S. The third-order valence-electron chi connectivity index (χ3n) is 5.45. The molecule has 2 aromatic carbocycles. The summed E-state index contributed by atoms with van der Waals surface area (Å²) >= 11 is 1.74. The van der Waals surface area contributed by atoms with E-state index in [4.69, 9.17) is 0 Å². The van der Waals surface area contributed by atoms with Gasteiger partial charge in [-0.15, -0.1) is 11.3 Å². The molecule has 3 heteroatoms. The summed E-state index contributed by atoms with van der Waals surface area (Å²) in [6, 6.07) is 15.6. The van der Waals surface area contributed by atoms with E-state index in [0.717, 1.165) is 10.5 Å². The van der Waals surface area contributed by atoms with Crippen molar-refractivity contribution in [1.29, 1.82) is 0 Å². The van der Waals surface area contributed by atoms with Crippen molar-refractivity contribution in [3.8, 4) is 0 Å². The number of hydrogen-bond donors (Lipinski definition) is 0. The number of rotatable bonds is 2. The van der Waals surface area contributed by atoms with E-state index in [0.29, 0.717) is 6.04 Å². The largest absolute Gasteiger partial charge is 0.371 e. The quantitative estimate of drug-likeness (QED) is 0.608. The first-order valence-corrected chi connectivity index (χ1v) is 9.19. The molecule has 1 aliphatic heterocycles. The molecule has 0 fully saturated rings. The number of nitrogens with zero attached hydrogens (tertiary/aromatic N) is 2. The predicted octanol–water partition coefficient (Wildman–Crippen LogP) is 5.58. The van der Waals surface area contributed by atoms with Gasteiger partial charge < -0.3 is 4.90 Å². The Labute approximate surface area is 147 Å². The molecule has 2 heterocycles. The molecule has 2 nitrogen and oxygen atoms in total. The molecular weight excluding hydrogens is 312 g/mol. The molecule has 0 radical (unpaired) electrons. The lowest BCUT2D eigenvalue weighted by molar-refractivity contribution is 0.454. The predicted molar refractivity (Wildman–Crippen MR) is 106 cm³/mol. The minimum absolute atomic E-state index is 0.170. The van der Waals surface area contributed by atoms with Gasteiger partial charge in [0, 0.05) is 24.2 Å². The fraction of sp³-hybridized carbons (Fsp3) is 0.286. The minimum atomic E-state index is 0.170. The number of thiazole rings is 1. The van der Waals surface area contributed by atoms with Crippen molar-refractivity contribution in [2.75, 3.05) is 11.9 Å². The molecule has 3 aromatic rings. The average Bonchev–Trinajstić information content (AvgIpc) is 3.07. The monoisotopic (exact) mass is 334 g/mol.